The van der Waals surface area contributed by atoms with Crippen molar-refractivity contribution in [1.82, 2.24) is 19.7 Å². The third-order valence-electron chi connectivity index (χ3n) is 4.54. The van der Waals surface area contributed by atoms with Crippen LogP contribution in [0.15, 0.2) is 29.3 Å². The summed E-state index contributed by atoms with van der Waals surface area (Å²) in [5.74, 6) is -0.532. The summed E-state index contributed by atoms with van der Waals surface area (Å²) in [4.78, 5) is 30.2. The van der Waals surface area contributed by atoms with Gasteiger partial charge in [-0.05, 0) is 6.07 Å². The zero-order chi connectivity index (χ0) is 17.3. The third-order valence-corrected chi connectivity index (χ3v) is 4.54. The van der Waals surface area contributed by atoms with Crippen molar-refractivity contribution in [3.8, 4) is 0 Å². The number of likely N-dealkylation sites (tertiary alicyclic amines) is 1. The van der Waals surface area contributed by atoms with Crippen molar-refractivity contribution in [2.75, 3.05) is 13.1 Å². The van der Waals surface area contributed by atoms with Gasteiger partial charge < -0.3 is 14.4 Å². The largest absolute Gasteiger partial charge is 0.479 e. The summed E-state index contributed by atoms with van der Waals surface area (Å²) < 4.78 is 6.79. The number of nitrogens with zero attached hydrogens (tertiary/aromatic N) is 4. The van der Waals surface area contributed by atoms with Gasteiger partial charge >= 0.3 is 5.97 Å². The number of aliphatic carboxylic acids is 1. The highest BCUT2D eigenvalue weighted by Crippen LogP contribution is 2.31. The number of piperidine rings is 1. The smallest absolute Gasteiger partial charge is 0.331 e. The van der Waals surface area contributed by atoms with Crippen LogP contribution in [0.4, 0.5) is 0 Å². The van der Waals surface area contributed by atoms with Gasteiger partial charge in [0.15, 0.2) is 17.6 Å². The SMILES string of the molecule is CC(C)c1ocnc1C(=O)N1CCC(C(=O)O)(n2cccn2)CC1. The standard InChI is InChI=1S/C16H20N4O4/c1-11(2)13-12(17-10-24-13)14(21)19-8-4-16(5-9-19,15(22)23)20-7-3-6-18-20/h3,6-7,10-11H,4-5,8-9H2,1-2H3,(H,22,23). The number of oxazole rings is 1. The van der Waals surface area contributed by atoms with Crippen molar-refractivity contribution < 1.29 is 19.1 Å². The summed E-state index contributed by atoms with van der Waals surface area (Å²) in [6.07, 6.45) is 5.08. The molecule has 0 atom stereocenters. The molecule has 8 nitrogen and oxygen atoms in total. The second-order valence-electron chi connectivity index (χ2n) is 6.30. The Morgan fingerprint density at radius 1 is 1.33 bits per heavy atom. The predicted molar refractivity (Wildman–Crippen MR) is 83.6 cm³/mol. The molecule has 3 rings (SSSR count). The van der Waals surface area contributed by atoms with Crippen LogP contribution in [0.25, 0.3) is 0 Å². The van der Waals surface area contributed by atoms with Crippen LogP contribution in [0.5, 0.6) is 0 Å². The lowest BCUT2D eigenvalue weighted by molar-refractivity contribution is -0.150. The molecule has 24 heavy (non-hydrogen) atoms. The molecule has 0 bridgehead atoms. The van der Waals surface area contributed by atoms with Gasteiger partial charge in [0, 0.05) is 44.2 Å². The van der Waals surface area contributed by atoms with E-state index < -0.39 is 11.5 Å². The van der Waals surface area contributed by atoms with Gasteiger partial charge in [-0.3, -0.25) is 9.48 Å². The third kappa shape index (κ3) is 2.57. The van der Waals surface area contributed by atoms with E-state index >= 15 is 0 Å². The van der Waals surface area contributed by atoms with Crippen LogP contribution in [0.3, 0.4) is 0 Å². The molecule has 1 aliphatic heterocycles. The Labute approximate surface area is 139 Å². The van der Waals surface area contributed by atoms with Gasteiger partial charge in [0.2, 0.25) is 0 Å². The fourth-order valence-electron chi connectivity index (χ4n) is 3.12. The van der Waals surface area contributed by atoms with Crippen LogP contribution in [0, 0.1) is 0 Å². The minimum Gasteiger partial charge on any atom is -0.479 e. The van der Waals surface area contributed by atoms with Crippen LogP contribution in [0.2, 0.25) is 0 Å². The number of carboxylic acid groups (broad SMARTS) is 1. The van der Waals surface area contributed by atoms with Crippen molar-refractivity contribution in [3.05, 3.63) is 36.3 Å². The molecule has 1 saturated heterocycles. The number of carboxylic acids is 1. The van der Waals surface area contributed by atoms with E-state index in [1.807, 2.05) is 13.8 Å². The lowest BCUT2D eigenvalue weighted by Gasteiger charge is -2.38. The van der Waals surface area contributed by atoms with E-state index in [0.29, 0.717) is 37.4 Å². The number of hydrogen-bond acceptors (Lipinski definition) is 5. The molecule has 128 valence electrons. The second kappa shape index (κ2) is 6.10. The Bertz CT molecular complexity index is 727. The Morgan fingerprint density at radius 2 is 2.04 bits per heavy atom. The molecule has 1 amide bonds. The highest BCUT2D eigenvalue weighted by atomic mass is 16.4. The molecule has 1 fully saturated rings. The molecule has 0 spiro atoms. The highest BCUT2D eigenvalue weighted by Gasteiger charge is 2.45. The maximum Gasteiger partial charge on any atom is 0.331 e. The quantitative estimate of drug-likeness (QED) is 0.914. The molecule has 8 heteroatoms. The first-order chi connectivity index (χ1) is 11.5. The molecule has 0 radical (unpaired) electrons. The minimum absolute atomic E-state index is 0.0541. The summed E-state index contributed by atoms with van der Waals surface area (Å²) in [5, 5.41) is 13.8. The molecular formula is C16H20N4O4. The fraction of sp³-hybridized carbons (Fsp3) is 0.500. The zero-order valence-electron chi connectivity index (χ0n) is 13.7. The molecular weight excluding hydrogens is 312 g/mol. The Balaban J connectivity index is 1.78. The molecule has 2 aromatic heterocycles. The first-order valence-electron chi connectivity index (χ1n) is 7.92. The average Bonchev–Trinajstić information content (AvgIpc) is 3.25. The zero-order valence-corrected chi connectivity index (χ0v) is 13.7. The number of amides is 1. The Hall–Kier alpha value is -2.64. The summed E-state index contributed by atoms with van der Waals surface area (Å²) >= 11 is 0. The molecule has 1 aliphatic rings. The maximum atomic E-state index is 12.7. The number of hydrogen-bond donors (Lipinski definition) is 1. The van der Waals surface area contributed by atoms with Gasteiger partial charge in [-0.15, -0.1) is 0 Å². The van der Waals surface area contributed by atoms with Crippen LogP contribution >= 0.6 is 0 Å². The minimum atomic E-state index is -1.11. The molecule has 2 aromatic rings. The van der Waals surface area contributed by atoms with E-state index in [1.54, 1.807) is 23.4 Å². The van der Waals surface area contributed by atoms with Gasteiger partial charge in [-0.1, -0.05) is 13.8 Å². The maximum absolute atomic E-state index is 12.7. The van der Waals surface area contributed by atoms with Crippen molar-refractivity contribution in [1.29, 1.82) is 0 Å². The summed E-state index contributed by atoms with van der Waals surface area (Å²) in [5.41, 5.74) is -0.794. The molecule has 3 heterocycles. The summed E-state index contributed by atoms with van der Waals surface area (Å²) in [6.45, 7) is 4.52. The van der Waals surface area contributed by atoms with Crippen LogP contribution in [-0.2, 0) is 10.3 Å². The van der Waals surface area contributed by atoms with Crippen LogP contribution in [0.1, 0.15) is 48.9 Å². The first-order valence-corrected chi connectivity index (χ1v) is 7.92. The van der Waals surface area contributed by atoms with E-state index in [1.165, 1.54) is 11.1 Å². The van der Waals surface area contributed by atoms with E-state index in [0.717, 1.165) is 0 Å². The predicted octanol–water partition coefficient (Wildman–Crippen LogP) is 1.71. The van der Waals surface area contributed by atoms with E-state index in [4.69, 9.17) is 4.42 Å². The van der Waals surface area contributed by atoms with Crippen LogP contribution in [-0.4, -0.2) is 49.7 Å². The van der Waals surface area contributed by atoms with Gasteiger partial charge in [-0.2, -0.15) is 5.10 Å². The number of carbonyl (C=O) groups excluding carboxylic acids is 1. The Morgan fingerprint density at radius 3 is 2.58 bits per heavy atom. The van der Waals surface area contributed by atoms with Gasteiger partial charge in [0.25, 0.3) is 5.91 Å². The monoisotopic (exact) mass is 332 g/mol. The lowest BCUT2D eigenvalue weighted by Crippen LogP contribution is -2.52. The van der Waals surface area contributed by atoms with Crippen molar-refractivity contribution in [2.45, 2.75) is 38.1 Å². The topological polar surface area (TPSA) is 101 Å². The summed E-state index contributed by atoms with van der Waals surface area (Å²) in [6, 6.07) is 1.70. The molecule has 0 saturated carbocycles. The second-order valence-corrected chi connectivity index (χ2v) is 6.30. The molecule has 1 N–H and O–H groups in total. The van der Waals surface area contributed by atoms with Crippen molar-refractivity contribution in [3.63, 3.8) is 0 Å². The van der Waals surface area contributed by atoms with Gasteiger partial charge in [0.1, 0.15) is 5.76 Å². The fourth-order valence-corrected chi connectivity index (χ4v) is 3.12. The molecule has 0 unspecified atom stereocenters. The first kappa shape index (κ1) is 16.2. The Kier molecular flexibility index (Phi) is 4.13. The molecule has 0 aliphatic carbocycles. The normalized spacial score (nSPS) is 17.2. The summed E-state index contributed by atoms with van der Waals surface area (Å²) in [7, 11) is 0. The number of carbonyl (C=O) groups is 2. The van der Waals surface area contributed by atoms with Gasteiger partial charge in [-0.25, -0.2) is 9.78 Å². The average molecular weight is 332 g/mol. The van der Waals surface area contributed by atoms with Crippen molar-refractivity contribution in [2.24, 2.45) is 0 Å². The van der Waals surface area contributed by atoms with E-state index in [-0.39, 0.29) is 11.8 Å². The highest BCUT2D eigenvalue weighted by molar-refractivity contribution is 5.93. The van der Waals surface area contributed by atoms with Crippen LogP contribution < -0.4 is 0 Å². The number of rotatable bonds is 4. The van der Waals surface area contributed by atoms with E-state index in [9.17, 15) is 14.7 Å². The van der Waals surface area contributed by atoms with Crippen molar-refractivity contribution >= 4 is 11.9 Å². The van der Waals surface area contributed by atoms with Gasteiger partial charge in [0.05, 0.1) is 0 Å². The van der Waals surface area contributed by atoms with E-state index in [2.05, 4.69) is 10.1 Å². The number of aromatic nitrogens is 3. The molecule has 0 aromatic carbocycles. The lowest BCUT2D eigenvalue weighted by atomic mass is 9.87.